The molecule has 0 amide bonds. The average Bonchev–Trinajstić information content (AvgIpc) is 2.84. The van der Waals surface area contributed by atoms with Crippen LogP contribution in [0.5, 0.6) is 0 Å². The Kier molecular flexibility index (Phi) is 4.52. The summed E-state index contributed by atoms with van der Waals surface area (Å²) < 4.78 is 0. The first-order valence-corrected chi connectivity index (χ1v) is 7.05. The Bertz CT molecular complexity index is 540. The number of hydrogen-bond acceptors (Lipinski definition) is 4. The molecule has 2 rings (SSSR count). The second kappa shape index (κ2) is 6.13. The number of nitrogens with zero attached hydrogens (tertiary/aromatic N) is 1. The van der Waals surface area contributed by atoms with Gasteiger partial charge in [-0.1, -0.05) is 23.8 Å². The van der Waals surface area contributed by atoms with Crippen LogP contribution in [0.15, 0.2) is 29.8 Å². The average molecular weight is 298 g/mol. The standard InChI is InChI=1S/C12H12ClN3S2/c13-9-7-8(12(14)17)1-2-10(9)15-4-3-11-16-5-6-18-11/h1-2,5-7,15H,3-4H2,(H2,14,17). The van der Waals surface area contributed by atoms with Crippen LogP contribution in [0.4, 0.5) is 5.69 Å². The zero-order valence-corrected chi connectivity index (χ0v) is 11.9. The van der Waals surface area contributed by atoms with Crippen LogP contribution in [0.1, 0.15) is 10.6 Å². The first kappa shape index (κ1) is 13.3. The minimum Gasteiger partial charge on any atom is -0.389 e. The molecule has 3 nitrogen and oxygen atoms in total. The molecule has 0 aliphatic carbocycles. The molecule has 0 radical (unpaired) electrons. The predicted octanol–water partition coefficient (Wildman–Crippen LogP) is 3.09. The molecule has 0 fully saturated rings. The smallest absolute Gasteiger partial charge is 0.104 e. The van der Waals surface area contributed by atoms with Crippen LogP contribution in [0, 0.1) is 0 Å². The molecule has 0 unspecified atom stereocenters. The largest absolute Gasteiger partial charge is 0.389 e. The van der Waals surface area contributed by atoms with E-state index in [0.29, 0.717) is 10.0 Å². The van der Waals surface area contributed by atoms with E-state index >= 15 is 0 Å². The first-order chi connectivity index (χ1) is 8.66. The number of aromatic nitrogens is 1. The highest BCUT2D eigenvalue weighted by Gasteiger charge is 2.03. The van der Waals surface area contributed by atoms with Crippen molar-refractivity contribution in [2.45, 2.75) is 6.42 Å². The summed E-state index contributed by atoms with van der Waals surface area (Å²) in [5.74, 6) is 0. The number of benzene rings is 1. The minimum absolute atomic E-state index is 0.353. The number of nitrogens with two attached hydrogens (primary N) is 1. The van der Waals surface area contributed by atoms with E-state index in [1.165, 1.54) is 0 Å². The molecule has 6 heteroatoms. The number of nitrogens with one attached hydrogen (secondary N) is 1. The molecule has 0 saturated carbocycles. The molecule has 94 valence electrons. The number of halogens is 1. The molecule has 3 N–H and O–H groups in total. The Morgan fingerprint density at radius 1 is 1.50 bits per heavy atom. The lowest BCUT2D eigenvalue weighted by atomic mass is 10.2. The van der Waals surface area contributed by atoms with Crippen molar-refractivity contribution >= 4 is 45.8 Å². The molecular weight excluding hydrogens is 286 g/mol. The lowest BCUT2D eigenvalue weighted by Gasteiger charge is -2.08. The highest BCUT2D eigenvalue weighted by molar-refractivity contribution is 7.80. The maximum absolute atomic E-state index is 6.14. The van der Waals surface area contributed by atoms with Crippen LogP contribution >= 0.6 is 35.2 Å². The van der Waals surface area contributed by atoms with E-state index in [2.05, 4.69) is 10.3 Å². The lowest BCUT2D eigenvalue weighted by molar-refractivity contribution is 0.998. The fourth-order valence-electron chi connectivity index (χ4n) is 1.49. The Balaban J connectivity index is 1.95. The van der Waals surface area contributed by atoms with Crippen molar-refractivity contribution in [3.8, 4) is 0 Å². The summed E-state index contributed by atoms with van der Waals surface area (Å²) in [5, 5.41) is 6.97. The fourth-order valence-corrected chi connectivity index (χ4v) is 2.49. The van der Waals surface area contributed by atoms with Crippen molar-refractivity contribution in [2.24, 2.45) is 5.73 Å². The van der Waals surface area contributed by atoms with E-state index in [1.54, 1.807) is 17.4 Å². The maximum Gasteiger partial charge on any atom is 0.104 e. The van der Waals surface area contributed by atoms with Crippen molar-refractivity contribution in [1.82, 2.24) is 4.98 Å². The van der Waals surface area contributed by atoms with Gasteiger partial charge in [0.1, 0.15) is 4.99 Å². The number of anilines is 1. The second-order valence-electron chi connectivity index (χ2n) is 3.66. The Labute approximate surface area is 120 Å². The molecule has 0 saturated heterocycles. The van der Waals surface area contributed by atoms with Crippen molar-refractivity contribution in [3.63, 3.8) is 0 Å². The van der Waals surface area contributed by atoms with Gasteiger partial charge in [0.25, 0.3) is 0 Å². The Morgan fingerprint density at radius 2 is 2.33 bits per heavy atom. The number of thiocarbonyl (C=S) groups is 1. The van der Waals surface area contributed by atoms with Gasteiger partial charge < -0.3 is 11.1 Å². The second-order valence-corrected chi connectivity index (χ2v) is 5.49. The van der Waals surface area contributed by atoms with Gasteiger partial charge in [-0.3, -0.25) is 0 Å². The third-order valence-corrected chi connectivity index (χ3v) is 3.78. The molecule has 2 aromatic rings. The Hall–Kier alpha value is -1.17. The normalized spacial score (nSPS) is 10.3. The summed E-state index contributed by atoms with van der Waals surface area (Å²) in [7, 11) is 0. The summed E-state index contributed by atoms with van der Waals surface area (Å²) in [5.41, 5.74) is 7.20. The van der Waals surface area contributed by atoms with E-state index in [-0.39, 0.29) is 0 Å². The van der Waals surface area contributed by atoms with Crippen LogP contribution in [-0.4, -0.2) is 16.5 Å². The van der Waals surface area contributed by atoms with Gasteiger partial charge in [-0.05, 0) is 18.2 Å². The van der Waals surface area contributed by atoms with Crippen LogP contribution in [-0.2, 0) is 6.42 Å². The third kappa shape index (κ3) is 3.41. The highest BCUT2D eigenvalue weighted by atomic mass is 35.5. The third-order valence-electron chi connectivity index (χ3n) is 2.39. The predicted molar refractivity (Wildman–Crippen MR) is 81.6 cm³/mol. The van der Waals surface area contributed by atoms with Crippen molar-refractivity contribution in [3.05, 3.63) is 45.4 Å². The molecule has 0 atom stereocenters. The molecule has 1 aromatic heterocycles. The first-order valence-electron chi connectivity index (χ1n) is 5.38. The van der Waals surface area contributed by atoms with Crippen LogP contribution in [0.25, 0.3) is 0 Å². The highest BCUT2D eigenvalue weighted by Crippen LogP contribution is 2.23. The summed E-state index contributed by atoms with van der Waals surface area (Å²) in [6.45, 7) is 0.791. The van der Waals surface area contributed by atoms with E-state index in [4.69, 9.17) is 29.6 Å². The SMILES string of the molecule is NC(=S)c1ccc(NCCc2nccs2)c(Cl)c1. The summed E-state index contributed by atoms with van der Waals surface area (Å²) in [4.78, 5) is 4.57. The van der Waals surface area contributed by atoms with Gasteiger partial charge in [0, 0.05) is 30.1 Å². The van der Waals surface area contributed by atoms with Crippen molar-refractivity contribution < 1.29 is 0 Å². The zero-order valence-electron chi connectivity index (χ0n) is 9.52. The molecule has 0 aliphatic rings. The zero-order chi connectivity index (χ0) is 13.0. The van der Waals surface area contributed by atoms with Gasteiger partial charge in [-0.25, -0.2) is 4.98 Å². The minimum atomic E-state index is 0.353. The maximum atomic E-state index is 6.14. The Morgan fingerprint density at radius 3 is 2.94 bits per heavy atom. The van der Waals surface area contributed by atoms with E-state index in [0.717, 1.165) is 29.2 Å². The van der Waals surface area contributed by atoms with Crippen LogP contribution in [0.3, 0.4) is 0 Å². The van der Waals surface area contributed by atoms with Gasteiger partial charge in [-0.2, -0.15) is 0 Å². The molecule has 0 spiro atoms. The van der Waals surface area contributed by atoms with Gasteiger partial charge in [-0.15, -0.1) is 11.3 Å². The lowest BCUT2D eigenvalue weighted by Crippen LogP contribution is -2.10. The number of rotatable bonds is 5. The van der Waals surface area contributed by atoms with Crippen LogP contribution < -0.4 is 11.1 Å². The van der Waals surface area contributed by atoms with Crippen LogP contribution in [0.2, 0.25) is 5.02 Å². The van der Waals surface area contributed by atoms with Gasteiger partial charge in [0.05, 0.1) is 15.7 Å². The van der Waals surface area contributed by atoms with Gasteiger partial charge >= 0.3 is 0 Å². The van der Waals surface area contributed by atoms with E-state index < -0.39 is 0 Å². The molecule has 1 aromatic carbocycles. The van der Waals surface area contributed by atoms with E-state index in [9.17, 15) is 0 Å². The van der Waals surface area contributed by atoms with Gasteiger partial charge in [0.15, 0.2) is 0 Å². The molecule has 18 heavy (non-hydrogen) atoms. The fraction of sp³-hybridized carbons (Fsp3) is 0.167. The van der Waals surface area contributed by atoms with Crippen molar-refractivity contribution in [1.29, 1.82) is 0 Å². The van der Waals surface area contributed by atoms with Crippen molar-refractivity contribution in [2.75, 3.05) is 11.9 Å². The molecule has 0 bridgehead atoms. The molecule has 1 heterocycles. The quantitative estimate of drug-likeness (QED) is 0.833. The van der Waals surface area contributed by atoms with E-state index in [1.807, 2.05) is 23.7 Å². The summed E-state index contributed by atoms with van der Waals surface area (Å²) >= 11 is 12.7. The topological polar surface area (TPSA) is 50.9 Å². The monoisotopic (exact) mass is 297 g/mol. The summed E-state index contributed by atoms with van der Waals surface area (Å²) in [6, 6.07) is 5.52. The molecular formula is C12H12ClN3S2. The molecule has 0 aliphatic heterocycles. The number of thiazole rings is 1. The van der Waals surface area contributed by atoms with Gasteiger partial charge in [0.2, 0.25) is 0 Å². The number of hydrogen-bond donors (Lipinski definition) is 2. The summed E-state index contributed by atoms with van der Waals surface area (Å²) in [6.07, 6.45) is 2.69.